The molecule has 0 atom stereocenters. The predicted octanol–water partition coefficient (Wildman–Crippen LogP) is 2.45. The monoisotopic (exact) mass is 306 g/mol. The Balaban J connectivity index is 1.97. The maximum absolute atomic E-state index is 12.3. The molecule has 0 saturated carbocycles. The molecular weight excluding hydrogens is 284 g/mol. The van der Waals surface area contributed by atoms with Crippen molar-refractivity contribution in [3.63, 3.8) is 0 Å². The van der Waals surface area contributed by atoms with Gasteiger partial charge in [0.05, 0.1) is 22.3 Å². The lowest BCUT2D eigenvalue weighted by Crippen LogP contribution is -2.39. The van der Waals surface area contributed by atoms with Crippen molar-refractivity contribution in [3.8, 4) is 6.07 Å². The predicted molar refractivity (Wildman–Crippen MR) is 82.7 cm³/mol. The van der Waals surface area contributed by atoms with E-state index in [1.807, 2.05) is 6.07 Å². The number of sulfone groups is 1. The van der Waals surface area contributed by atoms with Crippen LogP contribution in [0.25, 0.3) is 0 Å². The molecule has 0 aromatic heterocycles. The Labute approximate surface area is 127 Å². The molecule has 0 N–H and O–H groups in total. The van der Waals surface area contributed by atoms with E-state index in [1.54, 1.807) is 18.2 Å². The third kappa shape index (κ3) is 4.29. The lowest BCUT2D eigenvalue weighted by molar-refractivity contribution is 0.139. The lowest BCUT2D eigenvalue weighted by Gasteiger charge is -2.36. The molecule has 5 heteroatoms. The standard InChI is InChI=1S/C16H22N2O2S/c1-16(2)6-8-18(9-7-16)10-11-21(19,20)15-5-3-4-14(12-15)13-17/h3-5,12H,6-11H2,1-2H3. The van der Waals surface area contributed by atoms with E-state index in [0.29, 0.717) is 17.5 Å². The summed E-state index contributed by atoms with van der Waals surface area (Å²) < 4.78 is 24.7. The van der Waals surface area contributed by atoms with Crippen LogP contribution in [0.15, 0.2) is 29.2 Å². The van der Waals surface area contributed by atoms with Gasteiger partial charge < -0.3 is 4.90 Å². The molecule has 1 aliphatic rings. The Morgan fingerprint density at radius 1 is 1.29 bits per heavy atom. The fraction of sp³-hybridized carbons (Fsp3) is 0.562. The molecule has 1 fully saturated rings. The topological polar surface area (TPSA) is 61.2 Å². The summed E-state index contributed by atoms with van der Waals surface area (Å²) in [5.41, 5.74) is 0.757. The van der Waals surface area contributed by atoms with Crippen molar-refractivity contribution in [2.75, 3.05) is 25.4 Å². The van der Waals surface area contributed by atoms with Gasteiger partial charge in [-0.2, -0.15) is 5.26 Å². The number of hydrogen-bond donors (Lipinski definition) is 0. The normalized spacial score (nSPS) is 19.1. The van der Waals surface area contributed by atoms with Gasteiger partial charge in [0.1, 0.15) is 0 Å². The van der Waals surface area contributed by atoms with E-state index in [0.717, 1.165) is 25.9 Å². The molecule has 21 heavy (non-hydrogen) atoms. The first-order chi connectivity index (χ1) is 9.82. The van der Waals surface area contributed by atoms with Crippen LogP contribution in [0.3, 0.4) is 0 Å². The average molecular weight is 306 g/mol. The minimum absolute atomic E-state index is 0.113. The van der Waals surface area contributed by atoms with Crippen molar-refractivity contribution in [1.82, 2.24) is 4.90 Å². The summed E-state index contributed by atoms with van der Waals surface area (Å²) in [6, 6.07) is 8.23. The van der Waals surface area contributed by atoms with Crippen molar-refractivity contribution in [2.24, 2.45) is 5.41 Å². The van der Waals surface area contributed by atoms with E-state index in [2.05, 4.69) is 18.7 Å². The Morgan fingerprint density at radius 3 is 2.57 bits per heavy atom. The number of piperidine rings is 1. The molecule has 0 amide bonds. The second kappa shape index (κ2) is 6.17. The van der Waals surface area contributed by atoms with E-state index in [9.17, 15) is 8.42 Å². The molecule has 0 radical (unpaired) electrons. The molecule has 0 aliphatic carbocycles. The number of rotatable bonds is 4. The Morgan fingerprint density at radius 2 is 1.95 bits per heavy atom. The van der Waals surface area contributed by atoms with E-state index in [-0.39, 0.29) is 10.6 Å². The Kier molecular flexibility index (Phi) is 4.70. The van der Waals surface area contributed by atoms with Crippen LogP contribution in [-0.2, 0) is 9.84 Å². The summed E-state index contributed by atoms with van der Waals surface area (Å²) >= 11 is 0. The van der Waals surface area contributed by atoms with Crippen LogP contribution in [-0.4, -0.2) is 38.7 Å². The molecule has 114 valence electrons. The third-order valence-corrected chi connectivity index (χ3v) is 5.90. The Hall–Kier alpha value is -1.38. The molecule has 0 bridgehead atoms. The van der Waals surface area contributed by atoms with Crippen LogP contribution in [0.1, 0.15) is 32.3 Å². The molecule has 1 aliphatic heterocycles. The number of nitriles is 1. The van der Waals surface area contributed by atoms with Gasteiger partial charge in [0.25, 0.3) is 0 Å². The lowest BCUT2D eigenvalue weighted by atomic mass is 9.83. The van der Waals surface area contributed by atoms with Crippen molar-refractivity contribution in [1.29, 1.82) is 5.26 Å². The summed E-state index contributed by atoms with van der Waals surface area (Å²) in [5, 5.41) is 8.86. The zero-order valence-corrected chi connectivity index (χ0v) is 13.5. The average Bonchev–Trinajstić information content (AvgIpc) is 2.46. The van der Waals surface area contributed by atoms with Gasteiger partial charge in [-0.25, -0.2) is 8.42 Å². The van der Waals surface area contributed by atoms with Gasteiger partial charge in [0, 0.05) is 6.54 Å². The first-order valence-electron chi connectivity index (χ1n) is 7.28. The molecular formula is C16H22N2O2S. The SMILES string of the molecule is CC1(C)CCN(CCS(=O)(=O)c2cccc(C#N)c2)CC1. The van der Waals surface area contributed by atoms with Gasteiger partial charge in [-0.1, -0.05) is 19.9 Å². The molecule has 1 aromatic rings. The fourth-order valence-electron chi connectivity index (χ4n) is 2.51. The zero-order chi connectivity index (χ0) is 15.5. The van der Waals surface area contributed by atoms with E-state index < -0.39 is 9.84 Å². The summed E-state index contributed by atoms with van der Waals surface area (Å²) in [5.74, 6) is 0.113. The first kappa shape index (κ1) is 16.0. The summed E-state index contributed by atoms with van der Waals surface area (Å²) in [6.45, 7) is 7.00. The highest BCUT2D eigenvalue weighted by Crippen LogP contribution is 2.29. The largest absolute Gasteiger partial charge is 0.302 e. The van der Waals surface area contributed by atoms with Gasteiger partial charge >= 0.3 is 0 Å². The maximum atomic E-state index is 12.3. The van der Waals surface area contributed by atoms with E-state index in [1.165, 1.54) is 6.07 Å². The molecule has 0 unspecified atom stereocenters. The minimum Gasteiger partial charge on any atom is -0.302 e. The fourth-order valence-corrected chi connectivity index (χ4v) is 3.83. The van der Waals surface area contributed by atoms with Crippen LogP contribution in [0.5, 0.6) is 0 Å². The van der Waals surface area contributed by atoms with Crippen LogP contribution in [0.4, 0.5) is 0 Å². The van der Waals surface area contributed by atoms with Crippen molar-refractivity contribution < 1.29 is 8.42 Å². The van der Waals surface area contributed by atoms with E-state index in [4.69, 9.17) is 5.26 Å². The maximum Gasteiger partial charge on any atom is 0.179 e. The van der Waals surface area contributed by atoms with E-state index >= 15 is 0 Å². The van der Waals surface area contributed by atoms with Crippen LogP contribution >= 0.6 is 0 Å². The molecule has 4 nitrogen and oxygen atoms in total. The number of nitrogens with zero attached hydrogens (tertiary/aromatic N) is 2. The van der Waals surface area contributed by atoms with Crippen molar-refractivity contribution in [2.45, 2.75) is 31.6 Å². The second-order valence-corrected chi connectivity index (χ2v) is 8.57. The van der Waals surface area contributed by atoms with Crippen molar-refractivity contribution >= 4 is 9.84 Å². The van der Waals surface area contributed by atoms with Crippen molar-refractivity contribution in [3.05, 3.63) is 29.8 Å². The summed E-state index contributed by atoms with van der Waals surface area (Å²) in [4.78, 5) is 2.47. The highest BCUT2D eigenvalue weighted by atomic mass is 32.2. The molecule has 2 rings (SSSR count). The minimum atomic E-state index is -3.31. The van der Waals surface area contributed by atoms with Gasteiger partial charge in [0.2, 0.25) is 0 Å². The highest BCUT2D eigenvalue weighted by Gasteiger charge is 2.26. The number of hydrogen-bond acceptors (Lipinski definition) is 4. The molecule has 1 saturated heterocycles. The van der Waals surface area contributed by atoms with Gasteiger partial charge in [-0.15, -0.1) is 0 Å². The zero-order valence-electron chi connectivity index (χ0n) is 12.7. The highest BCUT2D eigenvalue weighted by molar-refractivity contribution is 7.91. The Bertz CT molecular complexity index is 634. The molecule has 0 spiro atoms. The second-order valence-electron chi connectivity index (χ2n) is 6.46. The van der Waals surface area contributed by atoms with Crippen LogP contribution in [0, 0.1) is 16.7 Å². The molecule has 1 aromatic carbocycles. The van der Waals surface area contributed by atoms with Gasteiger partial charge in [-0.3, -0.25) is 0 Å². The summed E-state index contributed by atoms with van der Waals surface area (Å²) in [6.07, 6.45) is 2.22. The summed E-state index contributed by atoms with van der Waals surface area (Å²) in [7, 11) is -3.31. The van der Waals surface area contributed by atoms with Crippen LogP contribution < -0.4 is 0 Å². The molecule has 1 heterocycles. The number of likely N-dealkylation sites (tertiary alicyclic amines) is 1. The third-order valence-electron chi connectivity index (χ3n) is 4.21. The van der Waals surface area contributed by atoms with Gasteiger partial charge in [0.15, 0.2) is 9.84 Å². The quantitative estimate of drug-likeness (QED) is 0.857. The number of benzene rings is 1. The van der Waals surface area contributed by atoms with Gasteiger partial charge in [-0.05, 0) is 49.5 Å². The van der Waals surface area contributed by atoms with Crippen LogP contribution in [0.2, 0.25) is 0 Å². The first-order valence-corrected chi connectivity index (χ1v) is 8.93. The smallest absolute Gasteiger partial charge is 0.179 e.